The molecule has 1 aromatic heterocycles. The molecule has 0 aliphatic carbocycles. The van der Waals surface area contributed by atoms with Gasteiger partial charge in [0.15, 0.2) is 0 Å². The summed E-state index contributed by atoms with van der Waals surface area (Å²) in [6.45, 7) is 1.36. The van der Waals surface area contributed by atoms with E-state index in [0.29, 0.717) is 29.2 Å². The van der Waals surface area contributed by atoms with Gasteiger partial charge in [-0.1, -0.05) is 12.1 Å². The number of hydrogen-bond donors (Lipinski definition) is 3. The van der Waals surface area contributed by atoms with E-state index in [9.17, 15) is 9.90 Å². The van der Waals surface area contributed by atoms with E-state index in [1.165, 1.54) is 0 Å². The highest BCUT2D eigenvalue weighted by Crippen LogP contribution is 2.29. The Bertz CT molecular complexity index is 1000. The predicted octanol–water partition coefficient (Wildman–Crippen LogP) is 2.85. The first kappa shape index (κ1) is 20.3. The van der Waals surface area contributed by atoms with Crippen molar-refractivity contribution in [1.82, 2.24) is 20.2 Å². The topological polar surface area (TPSA) is 90.4 Å². The summed E-state index contributed by atoms with van der Waals surface area (Å²) in [5.41, 5.74) is 4.19. The van der Waals surface area contributed by atoms with Crippen LogP contribution in [0.15, 0.2) is 54.9 Å². The van der Waals surface area contributed by atoms with Crippen molar-refractivity contribution in [2.24, 2.45) is 0 Å². The fraction of sp³-hybridized carbons (Fsp3) is 0.227. The maximum atomic E-state index is 12.4. The van der Waals surface area contributed by atoms with Crippen LogP contribution in [0.1, 0.15) is 10.4 Å². The Kier molecular flexibility index (Phi) is 6.41. The number of carbonyl (C=O) groups is 1. The lowest BCUT2D eigenvalue weighted by atomic mass is 10.1. The summed E-state index contributed by atoms with van der Waals surface area (Å²) in [7, 11) is 5.67. The Balaban J connectivity index is 1.85. The van der Waals surface area contributed by atoms with Crippen molar-refractivity contribution in [2.45, 2.75) is 0 Å². The number of hydrogen-bond acceptors (Lipinski definition) is 6. The van der Waals surface area contributed by atoms with E-state index in [0.717, 1.165) is 17.7 Å². The highest BCUT2D eigenvalue weighted by atomic mass is 16.3. The monoisotopic (exact) mass is 391 g/mol. The van der Waals surface area contributed by atoms with Gasteiger partial charge >= 0.3 is 0 Å². The molecule has 3 rings (SSSR count). The molecule has 0 bridgehead atoms. The lowest BCUT2D eigenvalue weighted by Gasteiger charge is -2.11. The minimum absolute atomic E-state index is 0.116. The number of rotatable bonds is 7. The highest BCUT2D eigenvalue weighted by molar-refractivity contribution is 5.95. The normalized spacial score (nSPS) is 10.8. The molecule has 1 heterocycles. The lowest BCUT2D eigenvalue weighted by molar-refractivity contribution is 0.0951. The summed E-state index contributed by atoms with van der Waals surface area (Å²) in [4.78, 5) is 23.4. The van der Waals surface area contributed by atoms with Gasteiger partial charge in [0.2, 0.25) is 0 Å². The van der Waals surface area contributed by atoms with Gasteiger partial charge in [0, 0.05) is 36.8 Å². The summed E-state index contributed by atoms with van der Waals surface area (Å²) in [6, 6.07) is 12.6. The van der Waals surface area contributed by atoms with Crippen LogP contribution in [0, 0.1) is 0 Å². The average Bonchev–Trinajstić information content (AvgIpc) is 2.74. The van der Waals surface area contributed by atoms with Crippen LogP contribution in [-0.4, -0.2) is 60.1 Å². The standard InChI is InChI=1S/C22H25N5O2/c1-23-18-12-16(7-8-21(18)28)20-14-24-13-19(26-20)15-5-4-6-17(11-15)22(29)25-9-10-27(2)3/h4-8,11-14,23,28H,9-10H2,1-3H3,(H,25,29). The fourth-order valence-corrected chi connectivity index (χ4v) is 2.85. The molecule has 0 atom stereocenters. The van der Waals surface area contributed by atoms with E-state index in [2.05, 4.69) is 15.6 Å². The Morgan fingerprint density at radius 2 is 1.79 bits per heavy atom. The lowest BCUT2D eigenvalue weighted by Crippen LogP contribution is -2.31. The second-order valence-corrected chi connectivity index (χ2v) is 6.91. The Hall–Kier alpha value is -3.45. The number of benzene rings is 2. The molecule has 29 heavy (non-hydrogen) atoms. The van der Waals surface area contributed by atoms with E-state index in [1.807, 2.05) is 43.3 Å². The van der Waals surface area contributed by atoms with Gasteiger partial charge in [0.1, 0.15) is 5.75 Å². The molecule has 7 nitrogen and oxygen atoms in total. The molecular weight excluding hydrogens is 366 g/mol. The largest absolute Gasteiger partial charge is 0.506 e. The zero-order chi connectivity index (χ0) is 20.8. The van der Waals surface area contributed by atoms with E-state index >= 15 is 0 Å². The first-order chi connectivity index (χ1) is 14.0. The second kappa shape index (κ2) is 9.16. The Morgan fingerprint density at radius 1 is 1.07 bits per heavy atom. The molecule has 0 saturated heterocycles. The van der Waals surface area contributed by atoms with Gasteiger partial charge in [0.05, 0.1) is 29.5 Å². The zero-order valence-electron chi connectivity index (χ0n) is 16.8. The maximum absolute atomic E-state index is 12.4. The molecule has 1 amide bonds. The number of nitrogens with one attached hydrogen (secondary N) is 2. The van der Waals surface area contributed by atoms with Gasteiger partial charge in [-0.15, -0.1) is 0 Å². The van der Waals surface area contributed by atoms with E-state index in [1.54, 1.807) is 37.6 Å². The first-order valence-electron chi connectivity index (χ1n) is 9.34. The molecule has 2 aromatic carbocycles. The number of aromatic nitrogens is 2. The van der Waals surface area contributed by atoms with E-state index in [4.69, 9.17) is 4.98 Å². The van der Waals surface area contributed by atoms with Crippen molar-refractivity contribution in [2.75, 3.05) is 39.5 Å². The Labute approximate surface area is 170 Å². The fourth-order valence-electron chi connectivity index (χ4n) is 2.85. The zero-order valence-corrected chi connectivity index (χ0v) is 16.8. The maximum Gasteiger partial charge on any atom is 0.251 e. The number of likely N-dealkylation sites (N-methyl/N-ethyl adjacent to an activating group) is 1. The van der Waals surface area contributed by atoms with Crippen LogP contribution in [0.4, 0.5) is 5.69 Å². The molecule has 0 radical (unpaired) electrons. The van der Waals surface area contributed by atoms with E-state index in [-0.39, 0.29) is 11.7 Å². The summed E-state index contributed by atoms with van der Waals surface area (Å²) >= 11 is 0. The minimum Gasteiger partial charge on any atom is -0.506 e. The molecular formula is C22H25N5O2. The molecule has 0 unspecified atom stereocenters. The number of nitrogens with zero attached hydrogens (tertiary/aromatic N) is 3. The van der Waals surface area contributed by atoms with Crippen molar-refractivity contribution < 1.29 is 9.90 Å². The number of amides is 1. The van der Waals surface area contributed by atoms with Crippen molar-refractivity contribution in [3.8, 4) is 28.3 Å². The Morgan fingerprint density at radius 3 is 2.48 bits per heavy atom. The summed E-state index contributed by atoms with van der Waals surface area (Å²) in [5.74, 6) is 0.0587. The highest BCUT2D eigenvalue weighted by Gasteiger charge is 2.10. The van der Waals surface area contributed by atoms with Gasteiger partial charge in [-0.25, -0.2) is 4.98 Å². The van der Waals surface area contributed by atoms with Crippen LogP contribution in [-0.2, 0) is 0 Å². The molecule has 0 fully saturated rings. The third-order valence-corrected chi connectivity index (χ3v) is 4.46. The van der Waals surface area contributed by atoms with Crippen molar-refractivity contribution in [3.63, 3.8) is 0 Å². The van der Waals surface area contributed by atoms with Gasteiger partial charge in [-0.3, -0.25) is 9.78 Å². The second-order valence-electron chi connectivity index (χ2n) is 6.91. The number of phenolic OH excluding ortho intramolecular Hbond substituents is 1. The van der Waals surface area contributed by atoms with Crippen molar-refractivity contribution >= 4 is 11.6 Å². The number of phenols is 1. The van der Waals surface area contributed by atoms with Crippen LogP contribution in [0.3, 0.4) is 0 Å². The van der Waals surface area contributed by atoms with E-state index < -0.39 is 0 Å². The minimum atomic E-state index is -0.116. The summed E-state index contributed by atoms with van der Waals surface area (Å²) in [6.07, 6.45) is 3.35. The van der Waals surface area contributed by atoms with Gasteiger partial charge in [0.25, 0.3) is 5.91 Å². The SMILES string of the molecule is CNc1cc(-c2cncc(-c3cccc(C(=O)NCCN(C)C)c3)n2)ccc1O. The van der Waals surface area contributed by atoms with Crippen LogP contribution < -0.4 is 10.6 Å². The summed E-state index contributed by atoms with van der Waals surface area (Å²) < 4.78 is 0. The molecule has 0 spiro atoms. The van der Waals surface area contributed by atoms with Crippen LogP contribution in [0.5, 0.6) is 5.75 Å². The molecule has 3 aromatic rings. The number of anilines is 1. The van der Waals surface area contributed by atoms with Crippen molar-refractivity contribution in [1.29, 1.82) is 0 Å². The average molecular weight is 391 g/mol. The van der Waals surface area contributed by atoms with Crippen LogP contribution >= 0.6 is 0 Å². The van der Waals surface area contributed by atoms with Crippen LogP contribution in [0.2, 0.25) is 0 Å². The number of carbonyl (C=O) groups excluding carboxylic acids is 1. The summed E-state index contributed by atoms with van der Waals surface area (Å²) in [5, 5.41) is 15.7. The molecule has 0 aliphatic heterocycles. The molecule has 7 heteroatoms. The third kappa shape index (κ3) is 5.08. The number of aromatic hydroxyl groups is 1. The smallest absolute Gasteiger partial charge is 0.251 e. The van der Waals surface area contributed by atoms with Gasteiger partial charge < -0.3 is 20.6 Å². The predicted molar refractivity (Wildman–Crippen MR) is 115 cm³/mol. The van der Waals surface area contributed by atoms with Crippen molar-refractivity contribution in [3.05, 3.63) is 60.4 Å². The van der Waals surface area contributed by atoms with Gasteiger partial charge in [-0.05, 0) is 44.4 Å². The quantitative estimate of drug-likeness (QED) is 0.537. The first-order valence-corrected chi connectivity index (χ1v) is 9.34. The third-order valence-electron chi connectivity index (χ3n) is 4.46. The van der Waals surface area contributed by atoms with Gasteiger partial charge in [-0.2, -0.15) is 0 Å². The molecule has 0 saturated carbocycles. The molecule has 150 valence electrons. The van der Waals surface area contributed by atoms with Crippen LogP contribution in [0.25, 0.3) is 22.5 Å². The molecule has 3 N–H and O–H groups in total. The molecule has 0 aliphatic rings.